The van der Waals surface area contributed by atoms with E-state index < -0.39 is 0 Å². The van der Waals surface area contributed by atoms with Crippen LogP contribution in [-0.2, 0) is 6.54 Å². The summed E-state index contributed by atoms with van der Waals surface area (Å²) in [5.41, 5.74) is 0.770. The molecule has 1 fully saturated rings. The second-order valence-corrected chi connectivity index (χ2v) is 5.00. The molecule has 17 heavy (non-hydrogen) atoms. The second-order valence-electron chi connectivity index (χ2n) is 5.00. The van der Waals surface area contributed by atoms with Crippen molar-refractivity contribution in [3.8, 4) is 0 Å². The van der Waals surface area contributed by atoms with E-state index in [1.165, 1.54) is 31.4 Å². The average molecular weight is 262 g/mol. The molecule has 0 bridgehead atoms. The van der Waals surface area contributed by atoms with Crippen LogP contribution in [0.1, 0.15) is 31.7 Å². The first-order valence-electron chi connectivity index (χ1n) is 5.74. The van der Waals surface area contributed by atoms with Gasteiger partial charge in [0.1, 0.15) is 11.6 Å². The van der Waals surface area contributed by atoms with Gasteiger partial charge in [0.25, 0.3) is 0 Å². The van der Waals surface area contributed by atoms with Crippen LogP contribution < -0.4 is 5.32 Å². The van der Waals surface area contributed by atoms with Crippen LogP contribution in [0.3, 0.4) is 0 Å². The maximum Gasteiger partial charge on any atom is 0.127 e. The summed E-state index contributed by atoms with van der Waals surface area (Å²) in [6, 6.07) is 3.58. The normalized spacial score (nSPS) is 17.1. The van der Waals surface area contributed by atoms with E-state index in [1.807, 2.05) is 0 Å². The molecule has 96 valence electrons. The Labute approximate surface area is 107 Å². The van der Waals surface area contributed by atoms with Gasteiger partial charge in [0.05, 0.1) is 0 Å². The van der Waals surface area contributed by atoms with Crippen LogP contribution in [0.15, 0.2) is 18.2 Å². The lowest BCUT2D eigenvalue weighted by Crippen LogP contribution is -2.37. The van der Waals surface area contributed by atoms with Gasteiger partial charge in [-0.3, -0.25) is 0 Å². The summed E-state index contributed by atoms with van der Waals surface area (Å²) in [5, 5.41) is 3.21. The molecule has 1 N–H and O–H groups in total. The summed E-state index contributed by atoms with van der Waals surface area (Å²) in [7, 11) is 0. The van der Waals surface area contributed by atoms with Gasteiger partial charge in [-0.15, -0.1) is 12.4 Å². The predicted octanol–water partition coefficient (Wildman–Crippen LogP) is 3.67. The quantitative estimate of drug-likeness (QED) is 0.872. The first kappa shape index (κ1) is 14.4. The lowest BCUT2D eigenvalue weighted by atomic mass is 9.70. The Morgan fingerprint density at radius 3 is 2.59 bits per heavy atom. The number of rotatable bonds is 4. The molecule has 0 aliphatic heterocycles. The van der Waals surface area contributed by atoms with Crippen molar-refractivity contribution in [1.82, 2.24) is 5.32 Å². The highest BCUT2D eigenvalue weighted by atomic mass is 35.5. The molecule has 0 atom stereocenters. The fraction of sp³-hybridized carbons (Fsp3) is 0.538. The molecule has 0 unspecified atom stereocenters. The zero-order chi connectivity index (χ0) is 11.6. The monoisotopic (exact) mass is 261 g/mol. The molecule has 1 aliphatic carbocycles. The molecule has 0 aromatic heterocycles. The third-order valence-electron chi connectivity index (χ3n) is 3.44. The first-order chi connectivity index (χ1) is 7.59. The zero-order valence-corrected chi connectivity index (χ0v) is 10.7. The van der Waals surface area contributed by atoms with Crippen LogP contribution in [-0.4, -0.2) is 6.54 Å². The van der Waals surface area contributed by atoms with Crippen LogP contribution in [0.5, 0.6) is 0 Å². The molecule has 0 saturated heterocycles. The van der Waals surface area contributed by atoms with Gasteiger partial charge in [0.15, 0.2) is 0 Å². The van der Waals surface area contributed by atoms with Crippen molar-refractivity contribution < 1.29 is 8.78 Å². The Morgan fingerprint density at radius 1 is 1.29 bits per heavy atom. The van der Waals surface area contributed by atoms with Crippen molar-refractivity contribution in [2.75, 3.05) is 6.54 Å². The van der Waals surface area contributed by atoms with Crippen molar-refractivity contribution in [3.05, 3.63) is 35.4 Å². The number of benzene rings is 1. The third-order valence-corrected chi connectivity index (χ3v) is 3.44. The van der Waals surface area contributed by atoms with Gasteiger partial charge in [-0.2, -0.15) is 0 Å². The third kappa shape index (κ3) is 3.65. The van der Waals surface area contributed by atoms with Gasteiger partial charge < -0.3 is 5.32 Å². The van der Waals surface area contributed by atoms with E-state index in [-0.39, 0.29) is 24.0 Å². The number of hydrogen-bond acceptors (Lipinski definition) is 1. The number of halogens is 3. The molecule has 0 spiro atoms. The summed E-state index contributed by atoms with van der Waals surface area (Å²) < 4.78 is 26.2. The van der Waals surface area contributed by atoms with Crippen LogP contribution in [0.2, 0.25) is 0 Å². The molecular formula is C13H18ClF2N. The maximum atomic E-state index is 13.3. The highest BCUT2D eigenvalue weighted by Gasteiger charge is 2.30. The SMILES string of the molecule is CC1(CNCc2cc(F)ccc2F)CCC1.Cl. The van der Waals surface area contributed by atoms with Crippen molar-refractivity contribution in [2.24, 2.45) is 5.41 Å². The molecule has 0 amide bonds. The molecule has 1 saturated carbocycles. The summed E-state index contributed by atoms with van der Waals surface area (Å²) in [5.74, 6) is -0.722. The predicted molar refractivity (Wildman–Crippen MR) is 67.3 cm³/mol. The van der Waals surface area contributed by atoms with Crippen LogP contribution in [0.4, 0.5) is 8.78 Å². The van der Waals surface area contributed by atoms with E-state index in [0.717, 1.165) is 12.6 Å². The fourth-order valence-electron chi connectivity index (χ4n) is 2.13. The van der Waals surface area contributed by atoms with E-state index >= 15 is 0 Å². The lowest BCUT2D eigenvalue weighted by Gasteiger charge is -2.38. The number of hydrogen-bond donors (Lipinski definition) is 1. The standard InChI is InChI=1S/C13H17F2N.ClH/c1-13(5-2-6-13)9-16-8-10-7-11(14)3-4-12(10)15;/h3-4,7,16H,2,5-6,8-9H2,1H3;1H. The molecular weight excluding hydrogens is 244 g/mol. The lowest BCUT2D eigenvalue weighted by molar-refractivity contribution is 0.156. The molecule has 1 aromatic carbocycles. The Kier molecular flexibility index (Phi) is 4.90. The smallest absolute Gasteiger partial charge is 0.127 e. The minimum atomic E-state index is -0.381. The van der Waals surface area contributed by atoms with Gasteiger partial charge >= 0.3 is 0 Å². The molecule has 1 aliphatic rings. The molecule has 0 radical (unpaired) electrons. The van der Waals surface area contributed by atoms with E-state index in [0.29, 0.717) is 17.5 Å². The fourth-order valence-corrected chi connectivity index (χ4v) is 2.13. The van der Waals surface area contributed by atoms with E-state index in [9.17, 15) is 8.78 Å². The summed E-state index contributed by atoms with van der Waals surface area (Å²) in [6.07, 6.45) is 3.74. The molecule has 2 rings (SSSR count). The Balaban J connectivity index is 0.00000144. The Morgan fingerprint density at radius 2 is 2.00 bits per heavy atom. The maximum absolute atomic E-state index is 13.3. The minimum Gasteiger partial charge on any atom is -0.312 e. The average Bonchev–Trinajstić information content (AvgIpc) is 2.21. The highest BCUT2D eigenvalue weighted by Crippen LogP contribution is 2.39. The van der Waals surface area contributed by atoms with Crippen molar-refractivity contribution >= 4 is 12.4 Å². The minimum absolute atomic E-state index is 0. The molecule has 4 heteroatoms. The first-order valence-corrected chi connectivity index (χ1v) is 5.74. The van der Waals surface area contributed by atoms with E-state index in [1.54, 1.807) is 0 Å². The summed E-state index contributed by atoms with van der Waals surface area (Å²) >= 11 is 0. The summed E-state index contributed by atoms with van der Waals surface area (Å²) in [6.45, 7) is 3.51. The largest absolute Gasteiger partial charge is 0.312 e. The van der Waals surface area contributed by atoms with Crippen LogP contribution in [0, 0.1) is 17.0 Å². The van der Waals surface area contributed by atoms with E-state index in [2.05, 4.69) is 12.2 Å². The molecule has 1 nitrogen and oxygen atoms in total. The van der Waals surface area contributed by atoms with Gasteiger partial charge in [0, 0.05) is 18.7 Å². The van der Waals surface area contributed by atoms with Crippen molar-refractivity contribution in [1.29, 1.82) is 0 Å². The molecule has 0 heterocycles. The Hall–Kier alpha value is -0.670. The van der Waals surface area contributed by atoms with Crippen molar-refractivity contribution in [2.45, 2.75) is 32.7 Å². The zero-order valence-electron chi connectivity index (χ0n) is 9.93. The molecule has 1 aromatic rings. The topological polar surface area (TPSA) is 12.0 Å². The van der Waals surface area contributed by atoms with Crippen molar-refractivity contribution in [3.63, 3.8) is 0 Å². The second kappa shape index (κ2) is 5.78. The van der Waals surface area contributed by atoms with E-state index in [4.69, 9.17) is 0 Å². The highest BCUT2D eigenvalue weighted by molar-refractivity contribution is 5.85. The Bertz CT molecular complexity index is 378. The van der Waals surface area contributed by atoms with Gasteiger partial charge in [0.2, 0.25) is 0 Å². The summed E-state index contributed by atoms with van der Waals surface area (Å²) in [4.78, 5) is 0. The van der Waals surface area contributed by atoms with Gasteiger partial charge in [-0.25, -0.2) is 8.78 Å². The number of nitrogens with one attached hydrogen (secondary N) is 1. The van der Waals surface area contributed by atoms with Crippen LogP contribution in [0.25, 0.3) is 0 Å². The van der Waals surface area contributed by atoms with Gasteiger partial charge in [-0.05, 0) is 36.5 Å². The van der Waals surface area contributed by atoms with Gasteiger partial charge in [-0.1, -0.05) is 13.3 Å². The van der Waals surface area contributed by atoms with Crippen LogP contribution >= 0.6 is 12.4 Å².